The van der Waals surface area contributed by atoms with Gasteiger partial charge in [-0.2, -0.15) is 0 Å². The van der Waals surface area contributed by atoms with Crippen LogP contribution in [0.1, 0.15) is 17.0 Å². The summed E-state index contributed by atoms with van der Waals surface area (Å²) in [4.78, 5) is 8.94. The molecule has 0 unspecified atom stereocenters. The van der Waals surface area contributed by atoms with Gasteiger partial charge in [-0.1, -0.05) is 48.5 Å². The number of para-hydroxylation sites is 1. The topological polar surface area (TPSA) is 49.8 Å². The van der Waals surface area contributed by atoms with Gasteiger partial charge in [0, 0.05) is 18.3 Å². The molecule has 3 rings (SSSR count). The van der Waals surface area contributed by atoms with Gasteiger partial charge in [0.25, 0.3) is 0 Å². The largest absolute Gasteiger partial charge is 0.370 e. The molecule has 0 radical (unpaired) electrons. The number of hydrogen-bond acceptors (Lipinski definition) is 4. The normalized spacial score (nSPS) is 10.4. The van der Waals surface area contributed by atoms with Crippen molar-refractivity contribution in [3.05, 3.63) is 77.6 Å². The van der Waals surface area contributed by atoms with Crippen LogP contribution in [-0.4, -0.2) is 16.5 Å². The van der Waals surface area contributed by atoms with E-state index in [0.717, 1.165) is 36.1 Å². The van der Waals surface area contributed by atoms with E-state index in [1.807, 2.05) is 31.2 Å². The summed E-state index contributed by atoms with van der Waals surface area (Å²) >= 11 is 0. The van der Waals surface area contributed by atoms with Gasteiger partial charge in [-0.15, -0.1) is 0 Å². The molecule has 0 saturated carbocycles. The molecule has 4 nitrogen and oxygen atoms in total. The Balaban J connectivity index is 1.66. The molecule has 0 aliphatic heterocycles. The van der Waals surface area contributed by atoms with E-state index in [1.165, 1.54) is 11.1 Å². The highest BCUT2D eigenvalue weighted by atomic mass is 15.1. The predicted octanol–water partition coefficient (Wildman–Crippen LogP) is 4.49. The van der Waals surface area contributed by atoms with E-state index in [1.54, 1.807) is 0 Å². The molecule has 3 aromatic rings. The van der Waals surface area contributed by atoms with Crippen molar-refractivity contribution in [2.24, 2.45) is 0 Å². The Morgan fingerprint density at radius 2 is 1.54 bits per heavy atom. The SMILES string of the molecule is Cc1nc(NCCc2ccccc2)cc(Nc2ccccc2C)n1. The van der Waals surface area contributed by atoms with E-state index in [-0.39, 0.29) is 0 Å². The maximum Gasteiger partial charge on any atom is 0.136 e. The number of aryl methyl sites for hydroxylation is 2. The lowest BCUT2D eigenvalue weighted by atomic mass is 10.1. The van der Waals surface area contributed by atoms with E-state index in [2.05, 4.69) is 63.9 Å². The Bertz CT molecular complexity index is 800. The molecule has 0 saturated heterocycles. The molecule has 1 aromatic heterocycles. The van der Waals surface area contributed by atoms with Gasteiger partial charge < -0.3 is 10.6 Å². The van der Waals surface area contributed by atoms with Crippen molar-refractivity contribution in [1.82, 2.24) is 9.97 Å². The summed E-state index contributed by atoms with van der Waals surface area (Å²) in [5.41, 5.74) is 3.56. The third kappa shape index (κ3) is 4.32. The van der Waals surface area contributed by atoms with Crippen LogP contribution in [0.3, 0.4) is 0 Å². The van der Waals surface area contributed by atoms with E-state index >= 15 is 0 Å². The summed E-state index contributed by atoms with van der Waals surface area (Å²) in [6.07, 6.45) is 0.963. The summed E-state index contributed by atoms with van der Waals surface area (Å²) in [7, 11) is 0. The van der Waals surface area contributed by atoms with Gasteiger partial charge >= 0.3 is 0 Å². The maximum atomic E-state index is 4.47. The van der Waals surface area contributed by atoms with E-state index in [0.29, 0.717) is 0 Å². The number of nitrogens with zero attached hydrogens (tertiary/aromatic N) is 2. The molecule has 0 aliphatic carbocycles. The minimum absolute atomic E-state index is 0.746. The fourth-order valence-electron chi connectivity index (χ4n) is 2.55. The summed E-state index contributed by atoms with van der Waals surface area (Å²) in [5, 5.41) is 6.75. The first kappa shape index (κ1) is 16.0. The number of hydrogen-bond donors (Lipinski definition) is 2. The first-order valence-electron chi connectivity index (χ1n) is 8.17. The van der Waals surface area contributed by atoms with Crippen molar-refractivity contribution in [3.8, 4) is 0 Å². The van der Waals surface area contributed by atoms with Crippen molar-refractivity contribution >= 4 is 17.3 Å². The molecule has 1 heterocycles. The first-order chi connectivity index (χ1) is 11.7. The first-order valence-corrected chi connectivity index (χ1v) is 8.17. The van der Waals surface area contributed by atoms with Crippen LogP contribution in [0.15, 0.2) is 60.7 Å². The monoisotopic (exact) mass is 318 g/mol. The fraction of sp³-hybridized carbons (Fsp3) is 0.200. The summed E-state index contributed by atoms with van der Waals surface area (Å²) in [6.45, 7) is 4.82. The molecule has 0 amide bonds. The summed E-state index contributed by atoms with van der Waals surface area (Å²) < 4.78 is 0. The molecular weight excluding hydrogens is 296 g/mol. The van der Waals surface area contributed by atoms with Crippen LogP contribution in [0.5, 0.6) is 0 Å². The summed E-state index contributed by atoms with van der Waals surface area (Å²) in [6, 6.07) is 20.6. The van der Waals surface area contributed by atoms with Crippen LogP contribution in [0, 0.1) is 13.8 Å². The molecule has 2 aromatic carbocycles. The molecule has 0 spiro atoms. The molecule has 24 heavy (non-hydrogen) atoms. The molecule has 4 heteroatoms. The zero-order valence-corrected chi connectivity index (χ0v) is 14.1. The highest BCUT2D eigenvalue weighted by molar-refractivity contribution is 5.62. The lowest BCUT2D eigenvalue weighted by molar-refractivity contribution is 0.983. The number of nitrogens with one attached hydrogen (secondary N) is 2. The fourth-order valence-corrected chi connectivity index (χ4v) is 2.55. The molecule has 122 valence electrons. The summed E-state index contributed by atoms with van der Waals surface area (Å²) in [5.74, 6) is 2.39. The van der Waals surface area contributed by atoms with Crippen LogP contribution < -0.4 is 10.6 Å². The highest BCUT2D eigenvalue weighted by Crippen LogP contribution is 2.20. The van der Waals surface area contributed by atoms with Gasteiger partial charge in [0.15, 0.2) is 0 Å². The van der Waals surface area contributed by atoms with Crippen LogP contribution >= 0.6 is 0 Å². The lowest BCUT2D eigenvalue weighted by Crippen LogP contribution is -2.08. The van der Waals surface area contributed by atoms with Gasteiger partial charge in [0.1, 0.15) is 17.5 Å². The van der Waals surface area contributed by atoms with Crippen molar-refractivity contribution < 1.29 is 0 Å². The van der Waals surface area contributed by atoms with Crippen LogP contribution in [0.2, 0.25) is 0 Å². The van der Waals surface area contributed by atoms with Crippen molar-refractivity contribution in [2.45, 2.75) is 20.3 Å². The maximum absolute atomic E-state index is 4.47. The number of anilines is 3. The number of benzene rings is 2. The minimum Gasteiger partial charge on any atom is -0.370 e. The van der Waals surface area contributed by atoms with Gasteiger partial charge in [0.05, 0.1) is 0 Å². The second-order valence-corrected chi connectivity index (χ2v) is 5.79. The van der Waals surface area contributed by atoms with Gasteiger partial charge in [-0.25, -0.2) is 9.97 Å². The Morgan fingerprint density at radius 1 is 0.833 bits per heavy atom. The third-order valence-electron chi connectivity index (χ3n) is 3.81. The molecule has 0 fully saturated rings. The van der Waals surface area contributed by atoms with Gasteiger partial charge in [0.2, 0.25) is 0 Å². The quantitative estimate of drug-likeness (QED) is 0.703. The molecule has 2 N–H and O–H groups in total. The molecule has 0 bridgehead atoms. The average molecular weight is 318 g/mol. The Morgan fingerprint density at radius 3 is 2.33 bits per heavy atom. The number of aromatic nitrogens is 2. The van der Waals surface area contributed by atoms with E-state index in [9.17, 15) is 0 Å². The molecular formula is C20H22N4. The van der Waals surface area contributed by atoms with Crippen molar-refractivity contribution in [2.75, 3.05) is 17.2 Å². The predicted molar refractivity (Wildman–Crippen MR) is 99.9 cm³/mol. The zero-order valence-electron chi connectivity index (χ0n) is 14.1. The van der Waals surface area contributed by atoms with Crippen LogP contribution in [0.4, 0.5) is 17.3 Å². The second kappa shape index (κ2) is 7.59. The van der Waals surface area contributed by atoms with Crippen LogP contribution in [-0.2, 0) is 6.42 Å². The lowest BCUT2D eigenvalue weighted by Gasteiger charge is -2.11. The average Bonchev–Trinajstić information content (AvgIpc) is 2.57. The third-order valence-corrected chi connectivity index (χ3v) is 3.81. The Hall–Kier alpha value is -2.88. The van der Waals surface area contributed by atoms with E-state index < -0.39 is 0 Å². The van der Waals surface area contributed by atoms with Crippen molar-refractivity contribution in [1.29, 1.82) is 0 Å². The van der Waals surface area contributed by atoms with Gasteiger partial charge in [-0.3, -0.25) is 0 Å². The molecule has 0 aliphatic rings. The highest BCUT2D eigenvalue weighted by Gasteiger charge is 2.04. The second-order valence-electron chi connectivity index (χ2n) is 5.79. The van der Waals surface area contributed by atoms with Crippen LogP contribution in [0.25, 0.3) is 0 Å². The number of rotatable bonds is 6. The smallest absolute Gasteiger partial charge is 0.136 e. The Kier molecular flexibility index (Phi) is 5.06. The van der Waals surface area contributed by atoms with Crippen molar-refractivity contribution in [3.63, 3.8) is 0 Å². The van der Waals surface area contributed by atoms with E-state index in [4.69, 9.17) is 0 Å². The minimum atomic E-state index is 0.746. The molecule has 0 atom stereocenters. The Labute approximate surface area is 143 Å². The standard InChI is InChI=1S/C20H22N4/c1-15-8-6-7-11-18(15)24-20-14-19(22-16(2)23-20)21-13-12-17-9-4-3-5-10-17/h3-11,14H,12-13H2,1-2H3,(H2,21,22,23,24). The van der Waals surface area contributed by atoms with Gasteiger partial charge in [-0.05, 0) is 37.5 Å². The zero-order chi connectivity index (χ0) is 16.8.